The molecule has 3 rings (SSSR count). The quantitative estimate of drug-likeness (QED) is 0.475. The van der Waals surface area contributed by atoms with E-state index in [1.807, 2.05) is 47.4 Å². The SMILES string of the molecule is COc1ccc(OCCCN(CCO)CCO)c(C2Sc3ccccc3N2C(C)=O)c1.Cl. The first-order chi connectivity index (χ1) is 15.1. The van der Waals surface area contributed by atoms with Crippen LogP contribution in [0.15, 0.2) is 47.4 Å². The maximum Gasteiger partial charge on any atom is 0.225 e. The van der Waals surface area contributed by atoms with Crippen molar-refractivity contribution in [1.82, 2.24) is 4.90 Å². The van der Waals surface area contributed by atoms with Gasteiger partial charge in [0.05, 0.1) is 32.6 Å². The third-order valence-electron chi connectivity index (χ3n) is 5.13. The number of thioether (sulfide) groups is 1. The zero-order valence-corrected chi connectivity index (χ0v) is 20.0. The third kappa shape index (κ3) is 6.30. The molecule has 1 unspecified atom stereocenters. The van der Waals surface area contributed by atoms with Crippen LogP contribution in [-0.4, -0.2) is 67.6 Å². The molecule has 176 valence electrons. The van der Waals surface area contributed by atoms with E-state index in [1.165, 1.54) is 0 Å². The summed E-state index contributed by atoms with van der Waals surface area (Å²) in [7, 11) is 1.62. The maximum absolute atomic E-state index is 12.5. The number of hydrogen-bond acceptors (Lipinski definition) is 7. The standard InChI is InChI=1S/C23H30N2O5S.ClH/c1-17(28)25-20-6-3-4-7-22(20)31-23(25)19-16-18(29-2)8-9-21(19)30-15-5-10-24(11-13-26)12-14-27;/h3-4,6-9,16,23,26-27H,5,10-15H2,1-2H3;1H. The van der Waals surface area contributed by atoms with E-state index in [9.17, 15) is 4.79 Å². The van der Waals surface area contributed by atoms with Crippen LogP contribution < -0.4 is 14.4 Å². The Kier molecular flexibility index (Phi) is 10.6. The normalized spacial score (nSPS) is 14.8. The number of fused-ring (bicyclic) bond motifs is 1. The number of rotatable bonds is 11. The molecule has 1 amide bonds. The first-order valence-corrected chi connectivity index (χ1v) is 11.3. The average Bonchev–Trinajstić information content (AvgIpc) is 3.16. The second-order valence-corrected chi connectivity index (χ2v) is 8.34. The average molecular weight is 483 g/mol. The van der Waals surface area contributed by atoms with Crippen molar-refractivity contribution in [3.8, 4) is 11.5 Å². The van der Waals surface area contributed by atoms with Gasteiger partial charge in [-0.1, -0.05) is 23.9 Å². The molecular formula is C23H31ClN2O5S. The van der Waals surface area contributed by atoms with Gasteiger partial charge >= 0.3 is 0 Å². The molecule has 1 aliphatic heterocycles. The number of methoxy groups -OCH3 is 1. The molecule has 1 heterocycles. The van der Waals surface area contributed by atoms with Crippen molar-refractivity contribution >= 4 is 35.8 Å². The number of nitrogens with zero attached hydrogens (tertiary/aromatic N) is 2. The highest BCUT2D eigenvalue weighted by Gasteiger charge is 2.35. The van der Waals surface area contributed by atoms with E-state index >= 15 is 0 Å². The fourth-order valence-corrected chi connectivity index (χ4v) is 5.02. The van der Waals surface area contributed by atoms with Gasteiger partial charge in [-0.05, 0) is 36.8 Å². The fourth-order valence-electron chi connectivity index (χ4n) is 3.66. The lowest BCUT2D eigenvalue weighted by atomic mass is 10.1. The molecule has 0 saturated heterocycles. The number of aliphatic hydroxyl groups is 2. The summed E-state index contributed by atoms with van der Waals surface area (Å²) in [6.45, 7) is 3.95. The number of para-hydroxylation sites is 1. The molecular weight excluding hydrogens is 452 g/mol. The molecule has 9 heteroatoms. The monoisotopic (exact) mass is 482 g/mol. The highest BCUT2D eigenvalue weighted by molar-refractivity contribution is 8.00. The number of aliphatic hydroxyl groups excluding tert-OH is 2. The van der Waals surface area contributed by atoms with Gasteiger partial charge in [0.25, 0.3) is 0 Å². The van der Waals surface area contributed by atoms with Crippen molar-refractivity contribution in [2.24, 2.45) is 0 Å². The van der Waals surface area contributed by atoms with Crippen LogP contribution in [-0.2, 0) is 4.79 Å². The Morgan fingerprint density at radius 1 is 1.12 bits per heavy atom. The Bertz CT molecular complexity index is 879. The van der Waals surface area contributed by atoms with Crippen LogP contribution in [0.25, 0.3) is 0 Å². The van der Waals surface area contributed by atoms with E-state index in [0.717, 1.165) is 29.1 Å². The number of hydrogen-bond donors (Lipinski definition) is 2. The van der Waals surface area contributed by atoms with Crippen molar-refractivity contribution < 1.29 is 24.5 Å². The first kappa shape index (κ1) is 26.3. The van der Waals surface area contributed by atoms with Gasteiger partial charge in [-0.25, -0.2) is 0 Å². The van der Waals surface area contributed by atoms with E-state index in [4.69, 9.17) is 19.7 Å². The summed E-state index contributed by atoms with van der Waals surface area (Å²) < 4.78 is 11.6. The lowest BCUT2D eigenvalue weighted by molar-refractivity contribution is -0.116. The zero-order valence-electron chi connectivity index (χ0n) is 18.4. The van der Waals surface area contributed by atoms with E-state index < -0.39 is 0 Å². The molecule has 2 aromatic rings. The number of carbonyl (C=O) groups is 1. The molecule has 0 radical (unpaired) electrons. The predicted molar refractivity (Wildman–Crippen MR) is 129 cm³/mol. The van der Waals surface area contributed by atoms with Crippen LogP contribution in [0.4, 0.5) is 5.69 Å². The van der Waals surface area contributed by atoms with Gasteiger partial charge in [0.2, 0.25) is 5.91 Å². The molecule has 0 fully saturated rings. The number of amides is 1. The molecule has 7 nitrogen and oxygen atoms in total. The van der Waals surface area contributed by atoms with Crippen molar-refractivity contribution in [2.45, 2.75) is 23.6 Å². The Morgan fingerprint density at radius 2 is 1.84 bits per heavy atom. The predicted octanol–water partition coefficient (Wildman–Crippen LogP) is 3.33. The Morgan fingerprint density at radius 3 is 2.50 bits per heavy atom. The maximum atomic E-state index is 12.5. The molecule has 1 aliphatic rings. The van der Waals surface area contributed by atoms with Gasteiger partial charge in [-0.3, -0.25) is 14.6 Å². The summed E-state index contributed by atoms with van der Waals surface area (Å²) in [5.41, 5.74) is 1.79. The number of ether oxygens (including phenoxy) is 2. The summed E-state index contributed by atoms with van der Waals surface area (Å²) in [4.78, 5) is 17.4. The first-order valence-electron chi connectivity index (χ1n) is 10.4. The molecule has 0 bridgehead atoms. The van der Waals surface area contributed by atoms with Crippen LogP contribution in [0.2, 0.25) is 0 Å². The van der Waals surface area contributed by atoms with Crippen LogP contribution in [0.5, 0.6) is 11.5 Å². The van der Waals surface area contributed by atoms with E-state index in [-0.39, 0.29) is 36.9 Å². The van der Waals surface area contributed by atoms with Gasteiger partial charge < -0.3 is 19.7 Å². The van der Waals surface area contributed by atoms with Crippen molar-refractivity contribution in [3.05, 3.63) is 48.0 Å². The van der Waals surface area contributed by atoms with Gasteiger partial charge in [-0.15, -0.1) is 12.4 Å². The van der Waals surface area contributed by atoms with Gasteiger partial charge in [0, 0.05) is 37.0 Å². The zero-order chi connectivity index (χ0) is 22.2. The summed E-state index contributed by atoms with van der Waals surface area (Å²) in [6.07, 6.45) is 0.750. The minimum absolute atomic E-state index is 0. The second-order valence-electron chi connectivity index (χ2n) is 7.22. The highest BCUT2D eigenvalue weighted by atomic mass is 35.5. The van der Waals surface area contributed by atoms with E-state index in [2.05, 4.69) is 0 Å². The van der Waals surface area contributed by atoms with Crippen molar-refractivity contribution in [2.75, 3.05) is 51.5 Å². The molecule has 0 aromatic heterocycles. The number of carbonyl (C=O) groups excluding carboxylic acids is 1. The fraction of sp³-hybridized carbons (Fsp3) is 0.435. The lowest BCUT2D eigenvalue weighted by Crippen LogP contribution is -2.31. The summed E-state index contributed by atoms with van der Waals surface area (Å²) in [5, 5.41) is 18.1. The minimum Gasteiger partial charge on any atom is -0.497 e. The molecule has 0 saturated carbocycles. The number of benzene rings is 2. The molecule has 32 heavy (non-hydrogen) atoms. The minimum atomic E-state index is -0.236. The molecule has 1 atom stereocenters. The van der Waals surface area contributed by atoms with Gasteiger partial charge in [-0.2, -0.15) is 0 Å². The molecule has 0 spiro atoms. The van der Waals surface area contributed by atoms with Crippen molar-refractivity contribution in [1.29, 1.82) is 0 Å². The number of halogens is 1. The summed E-state index contributed by atoms with van der Waals surface area (Å²) in [6, 6.07) is 13.6. The Hall–Kier alpha value is -1.97. The Balaban J connectivity index is 0.00000363. The van der Waals surface area contributed by atoms with Crippen molar-refractivity contribution in [3.63, 3.8) is 0 Å². The molecule has 0 aliphatic carbocycles. The summed E-state index contributed by atoms with van der Waals surface area (Å²) >= 11 is 1.62. The summed E-state index contributed by atoms with van der Waals surface area (Å²) in [5.74, 6) is 1.40. The van der Waals surface area contributed by atoms with Crippen LogP contribution in [0.3, 0.4) is 0 Å². The third-order valence-corrected chi connectivity index (χ3v) is 6.42. The van der Waals surface area contributed by atoms with Crippen LogP contribution in [0, 0.1) is 0 Å². The largest absolute Gasteiger partial charge is 0.497 e. The molecule has 2 aromatic carbocycles. The van der Waals surface area contributed by atoms with E-state index in [0.29, 0.717) is 31.2 Å². The van der Waals surface area contributed by atoms with Crippen LogP contribution >= 0.6 is 24.2 Å². The van der Waals surface area contributed by atoms with Gasteiger partial charge in [0.15, 0.2) is 0 Å². The van der Waals surface area contributed by atoms with E-state index in [1.54, 1.807) is 30.7 Å². The number of anilines is 1. The lowest BCUT2D eigenvalue weighted by Gasteiger charge is -2.26. The Labute approximate surface area is 199 Å². The van der Waals surface area contributed by atoms with Crippen LogP contribution in [0.1, 0.15) is 24.3 Å². The smallest absolute Gasteiger partial charge is 0.225 e. The highest BCUT2D eigenvalue weighted by Crippen LogP contribution is 2.53. The topological polar surface area (TPSA) is 82.5 Å². The van der Waals surface area contributed by atoms with Gasteiger partial charge in [0.1, 0.15) is 16.9 Å². The second kappa shape index (κ2) is 12.9. The molecule has 2 N–H and O–H groups in total.